The van der Waals surface area contributed by atoms with Gasteiger partial charge in [0.25, 0.3) is 11.5 Å². The first-order valence-corrected chi connectivity index (χ1v) is 10.1. The van der Waals surface area contributed by atoms with E-state index < -0.39 is 5.91 Å². The summed E-state index contributed by atoms with van der Waals surface area (Å²) in [6.45, 7) is 2.54. The molecule has 0 unspecified atom stereocenters. The predicted octanol–water partition coefficient (Wildman–Crippen LogP) is 4.51. The van der Waals surface area contributed by atoms with Crippen molar-refractivity contribution >= 4 is 34.0 Å². The van der Waals surface area contributed by atoms with Crippen LogP contribution in [0.2, 0.25) is 5.02 Å². The molecule has 30 heavy (non-hydrogen) atoms. The fraction of sp³-hybridized carbons (Fsp3) is 0.318. The van der Waals surface area contributed by atoms with Crippen LogP contribution in [-0.4, -0.2) is 29.9 Å². The fourth-order valence-corrected chi connectivity index (χ4v) is 3.45. The summed E-state index contributed by atoms with van der Waals surface area (Å²) in [5.74, 6) is 0.361. The number of aromatic nitrogens is 2. The van der Waals surface area contributed by atoms with Gasteiger partial charge in [-0.05, 0) is 18.6 Å². The summed E-state index contributed by atoms with van der Waals surface area (Å²) >= 11 is 6.21. The van der Waals surface area contributed by atoms with Gasteiger partial charge in [0.15, 0.2) is 5.69 Å². The van der Waals surface area contributed by atoms with Crippen molar-refractivity contribution < 1.29 is 14.3 Å². The summed E-state index contributed by atoms with van der Waals surface area (Å²) in [6, 6.07) is 10.1. The minimum absolute atomic E-state index is 0.163. The van der Waals surface area contributed by atoms with Crippen molar-refractivity contribution in [2.75, 3.05) is 19.5 Å². The Bertz CT molecular complexity index is 1130. The van der Waals surface area contributed by atoms with E-state index in [0.29, 0.717) is 39.5 Å². The molecular weight excluding hydrogens is 406 g/mol. The molecule has 1 aromatic heterocycles. The van der Waals surface area contributed by atoms with Crippen molar-refractivity contribution in [3.8, 4) is 11.5 Å². The highest BCUT2D eigenvalue weighted by Crippen LogP contribution is 2.36. The van der Waals surface area contributed by atoms with Gasteiger partial charge in [0.1, 0.15) is 11.5 Å². The molecule has 1 N–H and O–H groups in total. The minimum Gasteiger partial charge on any atom is -0.495 e. The van der Waals surface area contributed by atoms with E-state index in [-0.39, 0.29) is 11.3 Å². The lowest BCUT2D eigenvalue weighted by atomic mass is 10.1. The second-order valence-corrected chi connectivity index (χ2v) is 7.18. The number of methoxy groups -OCH3 is 2. The zero-order valence-electron chi connectivity index (χ0n) is 17.2. The van der Waals surface area contributed by atoms with E-state index >= 15 is 0 Å². The third-order valence-corrected chi connectivity index (χ3v) is 5.07. The summed E-state index contributed by atoms with van der Waals surface area (Å²) in [7, 11) is 2.98. The first-order valence-electron chi connectivity index (χ1n) is 9.72. The highest BCUT2D eigenvalue weighted by atomic mass is 35.5. The SMILES string of the molecule is CCCCCn1nc(C(=O)Nc2cc(Cl)c(OC)cc2OC)c2ccccc2c1=O. The Kier molecular flexibility index (Phi) is 6.95. The number of nitrogens with one attached hydrogen (secondary N) is 1. The van der Waals surface area contributed by atoms with Gasteiger partial charge in [-0.15, -0.1) is 0 Å². The van der Waals surface area contributed by atoms with Crippen LogP contribution in [0, 0.1) is 0 Å². The Morgan fingerprint density at radius 3 is 2.47 bits per heavy atom. The third-order valence-electron chi connectivity index (χ3n) is 4.78. The van der Waals surface area contributed by atoms with Crippen LogP contribution in [0.15, 0.2) is 41.2 Å². The van der Waals surface area contributed by atoms with Crippen LogP contribution < -0.4 is 20.3 Å². The molecule has 0 fully saturated rings. The molecular formula is C22H24ClN3O4. The molecule has 0 spiro atoms. The number of hydrogen-bond acceptors (Lipinski definition) is 5. The standard InChI is InChI=1S/C22H24ClN3O4/c1-4-5-8-11-26-22(28)15-10-7-6-9-14(15)20(25-26)21(27)24-17-12-16(23)18(29-2)13-19(17)30-3/h6-7,9-10,12-13H,4-5,8,11H2,1-3H3,(H,24,27). The Balaban J connectivity index is 2.04. The molecule has 0 radical (unpaired) electrons. The van der Waals surface area contributed by atoms with Crippen LogP contribution in [0.4, 0.5) is 5.69 Å². The van der Waals surface area contributed by atoms with Crippen molar-refractivity contribution in [2.45, 2.75) is 32.7 Å². The number of hydrogen-bond donors (Lipinski definition) is 1. The van der Waals surface area contributed by atoms with Crippen molar-refractivity contribution in [1.29, 1.82) is 0 Å². The topological polar surface area (TPSA) is 82.5 Å². The maximum Gasteiger partial charge on any atom is 0.276 e. The van der Waals surface area contributed by atoms with Crippen LogP contribution in [-0.2, 0) is 6.54 Å². The van der Waals surface area contributed by atoms with E-state index in [1.54, 1.807) is 36.4 Å². The molecule has 0 aliphatic carbocycles. The molecule has 0 saturated carbocycles. The minimum atomic E-state index is -0.463. The van der Waals surface area contributed by atoms with Gasteiger partial charge in [0.2, 0.25) is 0 Å². The van der Waals surface area contributed by atoms with Gasteiger partial charge < -0.3 is 14.8 Å². The smallest absolute Gasteiger partial charge is 0.276 e. The third kappa shape index (κ3) is 4.41. The van der Waals surface area contributed by atoms with Crippen LogP contribution in [0.3, 0.4) is 0 Å². The van der Waals surface area contributed by atoms with Gasteiger partial charge in [-0.2, -0.15) is 5.10 Å². The number of halogens is 1. The summed E-state index contributed by atoms with van der Waals surface area (Å²) in [4.78, 5) is 25.9. The van der Waals surface area contributed by atoms with E-state index in [4.69, 9.17) is 21.1 Å². The van der Waals surface area contributed by atoms with E-state index in [2.05, 4.69) is 17.3 Å². The number of rotatable bonds is 8. The number of carbonyl (C=O) groups excluding carboxylic acids is 1. The largest absolute Gasteiger partial charge is 0.495 e. The Morgan fingerprint density at radius 2 is 1.80 bits per heavy atom. The Labute approximate surface area is 179 Å². The molecule has 8 heteroatoms. The second kappa shape index (κ2) is 9.63. The number of aryl methyl sites for hydroxylation is 1. The molecule has 158 valence electrons. The summed E-state index contributed by atoms with van der Waals surface area (Å²) in [6.07, 6.45) is 2.81. The lowest BCUT2D eigenvalue weighted by Crippen LogP contribution is -2.27. The number of fused-ring (bicyclic) bond motifs is 1. The average Bonchev–Trinajstić information content (AvgIpc) is 2.75. The molecule has 0 bridgehead atoms. The molecule has 0 saturated heterocycles. The zero-order valence-corrected chi connectivity index (χ0v) is 18.0. The summed E-state index contributed by atoms with van der Waals surface area (Å²) < 4.78 is 11.9. The van der Waals surface area contributed by atoms with Gasteiger partial charge in [-0.25, -0.2) is 4.68 Å². The quantitative estimate of drug-likeness (QED) is 0.533. The van der Waals surface area contributed by atoms with E-state index in [9.17, 15) is 9.59 Å². The fourth-order valence-electron chi connectivity index (χ4n) is 3.21. The molecule has 3 rings (SSSR count). The van der Waals surface area contributed by atoms with Crippen LogP contribution in [0.1, 0.15) is 36.7 Å². The maximum atomic E-state index is 13.1. The molecule has 2 aromatic carbocycles. The van der Waals surface area contributed by atoms with Crippen molar-refractivity contribution in [2.24, 2.45) is 0 Å². The lowest BCUT2D eigenvalue weighted by molar-refractivity contribution is 0.102. The highest BCUT2D eigenvalue weighted by Gasteiger charge is 2.19. The Hall–Kier alpha value is -3.06. The van der Waals surface area contributed by atoms with Crippen molar-refractivity contribution in [1.82, 2.24) is 9.78 Å². The van der Waals surface area contributed by atoms with Gasteiger partial charge in [0, 0.05) is 18.0 Å². The molecule has 0 aliphatic heterocycles. The second-order valence-electron chi connectivity index (χ2n) is 6.77. The number of anilines is 1. The molecule has 7 nitrogen and oxygen atoms in total. The number of carbonyl (C=O) groups is 1. The van der Waals surface area contributed by atoms with E-state index in [1.165, 1.54) is 18.9 Å². The van der Waals surface area contributed by atoms with Crippen molar-refractivity contribution in [3.05, 3.63) is 57.5 Å². The normalized spacial score (nSPS) is 10.8. The first kappa shape index (κ1) is 21.6. The Morgan fingerprint density at radius 1 is 1.10 bits per heavy atom. The van der Waals surface area contributed by atoms with E-state index in [1.807, 2.05) is 0 Å². The number of ether oxygens (including phenoxy) is 2. The van der Waals surface area contributed by atoms with Gasteiger partial charge in [-0.3, -0.25) is 9.59 Å². The number of amides is 1. The van der Waals surface area contributed by atoms with Crippen LogP contribution in [0.25, 0.3) is 10.8 Å². The van der Waals surface area contributed by atoms with Gasteiger partial charge in [-0.1, -0.05) is 49.6 Å². The molecule has 0 aliphatic rings. The number of unbranched alkanes of at least 4 members (excludes halogenated alkanes) is 2. The number of nitrogens with zero attached hydrogens (tertiary/aromatic N) is 2. The first-order chi connectivity index (χ1) is 14.5. The highest BCUT2D eigenvalue weighted by molar-refractivity contribution is 6.32. The zero-order chi connectivity index (χ0) is 21.7. The summed E-state index contributed by atoms with van der Waals surface area (Å²) in [5, 5.41) is 8.44. The van der Waals surface area contributed by atoms with Gasteiger partial charge in [0.05, 0.1) is 30.3 Å². The maximum absolute atomic E-state index is 13.1. The summed E-state index contributed by atoms with van der Waals surface area (Å²) in [5.41, 5.74) is 0.335. The van der Waals surface area contributed by atoms with Crippen molar-refractivity contribution in [3.63, 3.8) is 0 Å². The number of benzene rings is 2. The molecule has 3 aromatic rings. The average molecular weight is 430 g/mol. The monoisotopic (exact) mass is 429 g/mol. The van der Waals surface area contributed by atoms with Gasteiger partial charge >= 0.3 is 0 Å². The predicted molar refractivity (Wildman–Crippen MR) is 118 cm³/mol. The van der Waals surface area contributed by atoms with Crippen LogP contribution >= 0.6 is 11.6 Å². The van der Waals surface area contributed by atoms with Crippen LogP contribution in [0.5, 0.6) is 11.5 Å². The molecule has 1 heterocycles. The van der Waals surface area contributed by atoms with E-state index in [0.717, 1.165) is 19.3 Å². The molecule has 1 amide bonds. The molecule has 0 atom stereocenters. The lowest BCUT2D eigenvalue weighted by Gasteiger charge is -2.14.